The van der Waals surface area contributed by atoms with Crippen LogP contribution in [0, 0.1) is 0 Å². The summed E-state index contributed by atoms with van der Waals surface area (Å²) in [4.78, 5) is 26.5. The molecule has 0 saturated carbocycles. The average molecular weight is 439 g/mol. The number of likely N-dealkylation sites (tertiary alicyclic amines) is 1. The molecule has 1 aliphatic carbocycles. The van der Waals surface area contributed by atoms with Crippen molar-refractivity contribution in [1.29, 1.82) is 0 Å². The third-order valence-electron chi connectivity index (χ3n) is 5.92. The van der Waals surface area contributed by atoms with Crippen molar-refractivity contribution in [1.82, 2.24) is 10.2 Å². The minimum atomic E-state index is -0.630. The molecule has 7 heteroatoms. The highest BCUT2D eigenvalue weighted by Crippen LogP contribution is 2.44. The largest absolute Gasteiger partial charge is 0.449 e. The van der Waals surface area contributed by atoms with E-state index in [9.17, 15) is 14.7 Å². The molecule has 4 rings (SSSR count). The highest BCUT2D eigenvalue weighted by molar-refractivity contribution is 5.79. The monoisotopic (exact) mass is 438 g/mol. The Kier molecular flexibility index (Phi) is 6.11. The van der Waals surface area contributed by atoms with Crippen LogP contribution in [0.3, 0.4) is 0 Å². The van der Waals surface area contributed by atoms with Crippen molar-refractivity contribution in [2.75, 3.05) is 19.8 Å². The SMILES string of the molecule is CC(C)(C)OC(=O)N1C[C@H](NC(=O)OCC2c3ccccc3-c3ccccc32)C[C@H]1CO. The number of amides is 2. The predicted octanol–water partition coefficient (Wildman–Crippen LogP) is 3.90. The van der Waals surface area contributed by atoms with Gasteiger partial charge in [-0.2, -0.15) is 0 Å². The summed E-state index contributed by atoms with van der Waals surface area (Å²) in [5.74, 6) is -0.0137. The van der Waals surface area contributed by atoms with Gasteiger partial charge in [0.1, 0.15) is 12.2 Å². The summed E-state index contributed by atoms with van der Waals surface area (Å²) < 4.78 is 11.0. The van der Waals surface area contributed by atoms with Crippen LogP contribution in [0.25, 0.3) is 11.1 Å². The Morgan fingerprint density at radius 2 is 1.66 bits per heavy atom. The van der Waals surface area contributed by atoms with E-state index < -0.39 is 23.8 Å². The van der Waals surface area contributed by atoms with Gasteiger partial charge in [-0.15, -0.1) is 0 Å². The van der Waals surface area contributed by atoms with E-state index in [0.29, 0.717) is 6.42 Å². The van der Waals surface area contributed by atoms with Gasteiger partial charge in [0.2, 0.25) is 0 Å². The van der Waals surface area contributed by atoms with E-state index in [-0.39, 0.29) is 31.7 Å². The van der Waals surface area contributed by atoms with E-state index in [2.05, 4.69) is 29.6 Å². The van der Waals surface area contributed by atoms with E-state index >= 15 is 0 Å². The van der Waals surface area contributed by atoms with Crippen LogP contribution in [0.5, 0.6) is 0 Å². The van der Waals surface area contributed by atoms with Crippen molar-refractivity contribution in [2.45, 2.75) is 50.8 Å². The van der Waals surface area contributed by atoms with Gasteiger partial charge < -0.3 is 24.8 Å². The number of rotatable bonds is 4. The molecule has 1 heterocycles. The maximum Gasteiger partial charge on any atom is 0.410 e. The van der Waals surface area contributed by atoms with Crippen molar-refractivity contribution in [3.05, 3.63) is 59.7 Å². The van der Waals surface area contributed by atoms with Gasteiger partial charge in [0.15, 0.2) is 0 Å². The van der Waals surface area contributed by atoms with Crippen LogP contribution in [-0.2, 0) is 9.47 Å². The summed E-state index contributed by atoms with van der Waals surface area (Å²) in [7, 11) is 0. The first-order valence-electron chi connectivity index (χ1n) is 11.0. The maximum atomic E-state index is 12.5. The summed E-state index contributed by atoms with van der Waals surface area (Å²) >= 11 is 0. The zero-order valence-electron chi connectivity index (χ0n) is 18.7. The minimum Gasteiger partial charge on any atom is -0.449 e. The zero-order valence-corrected chi connectivity index (χ0v) is 18.7. The van der Waals surface area contributed by atoms with Crippen molar-refractivity contribution in [3.8, 4) is 11.1 Å². The Bertz CT molecular complexity index is 954. The number of nitrogens with one attached hydrogen (secondary N) is 1. The maximum absolute atomic E-state index is 12.5. The predicted molar refractivity (Wildman–Crippen MR) is 120 cm³/mol. The molecule has 0 unspecified atom stereocenters. The zero-order chi connectivity index (χ0) is 22.9. The number of carbonyl (C=O) groups is 2. The molecule has 32 heavy (non-hydrogen) atoms. The van der Waals surface area contributed by atoms with Gasteiger partial charge in [0.25, 0.3) is 0 Å². The first-order valence-corrected chi connectivity index (χ1v) is 11.0. The number of aliphatic hydroxyl groups is 1. The number of alkyl carbamates (subject to hydrolysis) is 1. The van der Waals surface area contributed by atoms with Crippen molar-refractivity contribution >= 4 is 12.2 Å². The fourth-order valence-electron chi connectivity index (χ4n) is 4.55. The summed E-state index contributed by atoms with van der Waals surface area (Å²) in [6.07, 6.45) is -0.576. The Labute approximate surface area is 188 Å². The Hall–Kier alpha value is -3.06. The summed E-state index contributed by atoms with van der Waals surface area (Å²) in [5.41, 5.74) is 4.02. The number of hydrogen-bond acceptors (Lipinski definition) is 5. The molecule has 2 aliphatic rings. The molecular weight excluding hydrogens is 408 g/mol. The lowest BCUT2D eigenvalue weighted by molar-refractivity contribution is 0.0173. The van der Waals surface area contributed by atoms with Crippen LogP contribution >= 0.6 is 0 Å². The van der Waals surface area contributed by atoms with Crippen LogP contribution in [0.15, 0.2) is 48.5 Å². The Morgan fingerprint density at radius 1 is 1.06 bits per heavy atom. The van der Waals surface area contributed by atoms with Gasteiger partial charge in [-0.25, -0.2) is 9.59 Å². The Balaban J connectivity index is 1.36. The number of ether oxygens (including phenoxy) is 2. The second kappa shape index (κ2) is 8.82. The van der Waals surface area contributed by atoms with Gasteiger partial charge >= 0.3 is 12.2 Å². The minimum absolute atomic E-state index is 0.0137. The van der Waals surface area contributed by atoms with E-state index in [1.165, 1.54) is 16.0 Å². The molecule has 0 bridgehead atoms. The van der Waals surface area contributed by atoms with Crippen LogP contribution in [0.1, 0.15) is 44.2 Å². The molecule has 1 fully saturated rings. The fourth-order valence-corrected chi connectivity index (χ4v) is 4.55. The smallest absolute Gasteiger partial charge is 0.410 e. The average Bonchev–Trinajstić information content (AvgIpc) is 3.30. The standard InChI is InChI=1S/C25H30N2O5/c1-25(2,3)32-24(30)27-13-16(12-17(27)14-28)26-23(29)31-15-22-20-10-6-4-8-18(20)19-9-5-7-11-21(19)22/h4-11,16-17,22,28H,12-15H2,1-3H3,(H,26,29)/t16-,17+/m1/s1. The van der Waals surface area contributed by atoms with Gasteiger partial charge in [0.05, 0.1) is 18.7 Å². The molecule has 0 radical (unpaired) electrons. The molecule has 170 valence electrons. The molecule has 0 aromatic heterocycles. The lowest BCUT2D eigenvalue weighted by Gasteiger charge is -2.27. The summed E-state index contributed by atoms with van der Waals surface area (Å²) in [6.45, 7) is 5.68. The van der Waals surface area contributed by atoms with Crippen LogP contribution < -0.4 is 5.32 Å². The van der Waals surface area contributed by atoms with Gasteiger partial charge in [0, 0.05) is 12.5 Å². The van der Waals surface area contributed by atoms with E-state index in [4.69, 9.17) is 9.47 Å². The van der Waals surface area contributed by atoms with Crippen LogP contribution in [-0.4, -0.2) is 59.6 Å². The number of benzene rings is 2. The van der Waals surface area contributed by atoms with Gasteiger partial charge in [-0.05, 0) is 49.4 Å². The molecule has 2 atom stereocenters. The molecule has 2 amide bonds. The molecule has 2 N–H and O–H groups in total. The van der Waals surface area contributed by atoms with Gasteiger partial charge in [-0.3, -0.25) is 0 Å². The summed E-state index contributed by atoms with van der Waals surface area (Å²) in [6, 6.07) is 15.6. The second-order valence-corrected chi connectivity index (χ2v) is 9.37. The topological polar surface area (TPSA) is 88.1 Å². The molecule has 0 spiro atoms. The number of hydrogen-bond donors (Lipinski definition) is 2. The first kappa shape index (κ1) is 22.1. The fraction of sp³-hybridized carbons (Fsp3) is 0.440. The molecule has 7 nitrogen and oxygen atoms in total. The van der Waals surface area contributed by atoms with Crippen LogP contribution in [0.4, 0.5) is 9.59 Å². The normalized spacial score (nSPS) is 19.9. The molecule has 1 aliphatic heterocycles. The number of aliphatic hydroxyl groups excluding tert-OH is 1. The summed E-state index contributed by atoms with van der Waals surface area (Å²) in [5, 5.41) is 12.5. The second-order valence-electron chi connectivity index (χ2n) is 9.37. The van der Waals surface area contributed by atoms with E-state index in [0.717, 1.165) is 11.1 Å². The Morgan fingerprint density at radius 3 is 2.22 bits per heavy atom. The third kappa shape index (κ3) is 4.58. The van der Waals surface area contributed by atoms with Crippen molar-refractivity contribution in [3.63, 3.8) is 0 Å². The molecule has 2 aromatic rings. The molecular formula is C25H30N2O5. The lowest BCUT2D eigenvalue weighted by Crippen LogP contribution is -2.43. The number of nitrogens with zero attached hydrogens (tertiary/aromatic N) is 1. The highest BCUT2D eigenvalue weighted by Gasteiger charge is 2.38. The van der Waals surface area contributed by atoms with E-state index in [1.807, 2.05) is 24.3 Å². The van der Waals surface area contributed by atoms with Gasteiger partial charge in [-0.1, -0.05) is 48.5 Å². The number of carbonyl (C=O) groups excluding carboxylic acids is 2. The highest BCUT2D eigenvalue weighted by atomic mass is 16.6. The van der Waals surface area contributed by atoms with Crippen molar-refractivity contribution < 1.29 is 24.2 Å². The quantitative estimate of drug-likeness (QED) is 0.756. The van der Waals surface area contributed by atoms with Crippen LogP contribution in [0.2, 0.25) is 0 Å². The van der Waals surface area contributed by atoms with E-state index in [1.54, 1.807) is 20.8 Å². The first-order chi connectivity index (χ1) is 15.3. The molecule has 1 saturated heterocycles. The third-order valence-corrected chi connectivity index (χ3v) is 5.92. The number of fused-ring (bicyclic) bond motifs is 3. The molecule has 2 aromatic carbocycles. The lowest BCUT2D eigenvalue weighted by atomic mass is 9.98. The van der Waals surface area contributed by atoms with Crippen molar-refractivity contribution in [2.24, 2.45) is 0 Å².